The van der Waals surface area contributed by atoms with E-state index < -0.39 is 0 Å². The molecule has 0 saturated carbocycles. The molecule has 3 N–H and O–H groups in total. The summed E-state index contributed by atoms with van der Waals surface area (Å²) in [4.78, 5) is 0. The van der Waals surface area contributed by atoms with Crippen molar-refractivity contribution >= 4 is 5.82 Å². The van der Waals surface area contributed by atoms with E-state index in [1.54, 1.807) is 0 Å². The van der Waals surface area contributed by atoms with E-state index in [0.717, 1.165) is 17.1 Å². The molecule has 0 bridgehead atoms. The Morgan fingerprint density at radius 1 is 1.11 bits per heavy atom. The van der Waals surface area contributed by atoms with E-state index in [4.69, 9.17) is 5.73 Å². The molecule has 0 amide bonds. The molecule has 4 nitrogen and oxygen atoms in total. The second kappa shape index (κ2) is 5.80. The highest BCUT2D eigenvalue weighted by molar-refractivity contribution is 5.61. The van der Waals surface area contributed by atoms with Gasteiger partial charge in [-0.15, -0.1) is 10.2 Å². The van der Waals surface area contributed by atoms with Crippen LogP contribution in [0.2, 0.25) is 0 Å². The molecule has 2 aromatic rings. The van der Waals surface area contributed by atoms with Crippen LogP contribution >= 0.6 is 0 Å². The van der Waals surface area contributed by atoms with Crippen LogP contribution in [-0.2, 0) is 0 Å². The van der Waals surface area contributed by atoms with E-state index in [0.29, 0.717) is 6.54 Å². The zero-order valence-corrected chi connectivity index (χ0v) is 11.6. The van der Waals surface area contributed by atoms with Crippen LogP contribution in [0.3, 0.4) is 0 Å². The third-order valence-electron chi connectivity index (χ3n) is 3.22. The van der Waals surface area contributed by atoms with Gasteiger partial charge in [-0.1, -0.05) is 12.1 Å². The molecule has 0 spiro atoms. The molecule has 4 heteroatoms. The van der Waals surface area contributed by atoms with Crippen molar-refractivity contribution in [3.63, 3.8) is 0 Å². The van der Waals surface area contributed by atoms with E-state index in [2.05, 4.69) is 47.6 Å². The Morgan fingerprint density at radius 2 is 1.89 bits per heavy atom. The number of aromatic nitrogens is 2. The summed E-state index contributed by atoms with van der Waals surface area (Å²) in [6.07, 6.45) is 0. The molecule has 19 heavy (non-hydrogen) atoms. The van der Waals surface area contributed by atoms with Crippen LogP contribution in [0.15, 0.2) is 30.3 Å². The Kier molecular flexibility index (Phi) is 4.12. The third-order valence-corrected chi connectivity index (χ3v) is 3.22. The maximum absolute atomic E-state index is 5.56. The van der Waals surface area contributed by atoms with Crippen LogP contribution in [0, 0.1) is 13.8 Å². The molecule has 2 rings (SSSR count). The number of nitrogens with one attached hydrogen (secondary N) is 1. The van der Waals surface area contributed by atoms with Crippen molar-refractivity contribution in [2.75, 3.05) is 11.9 Å². The average Bonchev–Trinajstić information content (AvgIpc) is 2.42. The van der Waals surface area contributed by atoms with Crippen LogP contribution in [0.25, 0.3) is 11.3 Å². The third kappa shape index (κ3) is 3.29. The standard InChI is InChI=1S/C15H20N4/c1-10-4-5-13(8-11(10)2)14-6-7-15(19-18-14)17-12(3)9-16/h4-8,12H,9,16H2,1-3H3,(H,17,19). The average molecular weight is 256 g/mol. The van der Waals surface area contributed by atoms with Crippen LogP contribution in [0.4, 0.5) is 5.82 Å². The van der Waals surface area contributed by atoms with Gasteiger partial charge in [0.2, 0.25) is 0 Å². The fraction of sp³-hybridized carbons (Fsp3) is 0.333. The first-order chi connectivity index (χ1) is 9.10. The second-order valence-corrected chi connectivity index (χ2v) is 4.88. The Balaban J connectivity index is 2.20. The van der Waals surface area contributed by atoms with Crippen molar-refractivity contribution in [2.45, 2.75) is 26.8 Å². The summed E-state index contributed by atoms with van der Waals surface area (Å²) in [7, 11) is 0. The normalized spacial score (nSPS) is 12.2. The first-order valence-electron chi connectivity index (χ1n) is 6.48. The highest BCUT2D eigenvalue weighted by Crippen LogP contribution is 2.20. The van der Waals surface area contributed by atoms with Crippen LogP contribution < -0.4 is 11.1 Å². The van der Waals surface area contributed by atoms with Gasteiger partial charge in [0.15, 0.2) is 0 Å². The number of nitrogens with two attached hydrogens (primary N) is 1. The first kappa shape index (κ1) is 13.5. The predicted octanol–water partition coefficient (Wildman–Crippen LogP) is 2.52. The molecule has 0 aliphatic heterocycles. The monoisotopic (exact) mass is 256 g/mol. The number of aryl methyl sites for hydroxylation is 2. The lowest BCUT2D eigenvalue weighted by Gasteiger charge is -2.11. The number of nitrogens with zero attached hydrogens (tertiary/aromatic N) is 2. The Labute approximate surface area is 114 Å². The molecule has 1 heterocycles. The summed E-state index contributed by atoms with van der Waals surface area (Å²) in [5.74, 6) is 0.755. The molecular weight excluding hydrogens is 236 g/mol. The van der Waals surface area contributed by atoms with E-state index in [9.17, 15) is 0 Å². The fourth-order valence-corrected chi connectivity index (χ4v) is 1.78. The van der Waals surface area contributed by atoms with E-state index in [-0.39, 0.29) is 6.04 Å². The number of anilines is 1. The van der Waals surface area contributed by atoms with E-state index >= 15 is 0 Å². The van der Waals surface area contributed by atoms with Crippen molar-refractivity contribution in [1.82, 2.24) is 10.2 Å². The van der Waals surface area contributed by atoms with Gasteiger partial charge in [0.05, 0.1) is 5.69 Å². The molecule has 0 aliphatic carbocycles. The Morgan fingerprint density at radius 3 is 2.47 bits per heavy atom. The Hall–Kier alpha value is -1.94. The largest absolute Gasteiger partial charge is 0.365 e. The second-order valence-electron chi connectivity index (χ2n) is 4.88. The van der Waals surface area contributed by atoms with Gasteiger partial charge in [-0.25, -0.2) is 0 Å². The lowest BCUT2D eigenvalue weighted by Crippen LogP contribution is -2.25. The predicted molar refractivity (Wildman–Crippen MR) is 79.1 cm³/mol. The summed E-state index contributed by atoms with van der Waals surface area (Å²) in [6.45, 7) is 6.79. The molecule has 0 radical (unpaired) electrons. The molecule has 1 atom stereocenters. The van der Waals surface area contributed by atoms with E-state index in [1.165, 1.54) is 11.1 Å². The van der Waals surface area contributed by atoms with Crippen molar-refractivity contribution in [1.29, 1.82) is 0 Å². The van der Waals surface area contributed by atoms with Gasteiger partial charge in [0, 0.05) is 18.2 Å². The van der Waals surface area contributed by atoms with Crippen LogP contribution in [0.1, 0.15) is 18.1 Å². The molecule has 0 saturated heterocycles. The minimum atomic E-state index is 0.196. The van der Waals surface area contributed by atoms with Crippen molar-refractivity contribution in [3.05, 3.63) is 41.5 Å². The van der Waals surface area contributed by atoms with Crippen molar-refractivity contribution in [2.24, 2.45) is 5.73 Å². The molecule has 0 fully saturated rings. The van der Waals surface area contributed by atoms with Crippen molar-refractivity contribution < 1.29 is 0 Å². The van der Waals surface area contributed by atoms with Gasteiger partial charge in [0.25, 0.3) is 0 Å². The Bertz CT molecular complexity index is 549. The molecule has 1 aromatic heterocycles. The minimum Gasteiger partial charge on any atom is -0.365 e. The first-order valence-corrected chi connectivity index (χ1v) is 6.48. The minimum absolute atomic E-state index is 0.196. The molecule has 0 aliphatic rings. The number of hydrogen-bond acceptors (Lipinski definition) is 4. The molecule has 1 unspecified atom stereocenters. The summed E-state index contributed by atoms with van der Waals surface area (Å²) in [5, 5.41) is 11.6. The summed E-state index contributed by atoms with van der Waals surface area (Å²) >= 11 is 0. The van der Waals surface area contributed by atoms with Gasteiger partial charge in [-0.2, -0.15) is 0 Å². The zero-order chi connectivity index (χ0) is 13.8. The lowest BCUT2D eigenvalue weighted by molar-refractivity contribution is 0.792. The van der Waals surface area contributed by atoms with E-state index in [1.807, 2.05) is 19.1 Å². The zero-order valence-electron chi connectivity index (χ0n) is 11.6. The van der Waals surface area contributed by atoms with Crippen molar-refractivity contribution in [3.8, 4) is 11.3 Å². The smallest absolute Gasteiger partial charge is 0.148 e. The van der Waals surface area contributed by atoms with Gasteiger partial charge < -0.3 is 11.1 Å². The van der Waals surface area contributed by atoms with Gasteiger partial charge in [-0.05, 0) is 50.1 Å². The lowest BCUT2D eigenvalue weighted by atomic mass is 10.0. The molecular formula is C15H20N4. The van der Waals surface area contributed by atoms with Crippen LogP contribution in [0.5, 0.6) is 0 Å². The van der Waals surface area contributed by atoms with Gasteiger partial charge in [-0.3, -0.25) is 0 Å². The maximum atomic E-state index is 5.56. The summed E-state index contributed by atoms with van der Waals surface area (Å²) < 4.78 is 0. The fourth-order valence-electron chi connectivity index (χ4n) is 1.78. The highest BCUT2D eigenvalue weighted by Gasteiger charge is 2.04. The maximum Gasteiger partial charge on any atom is 0.148 e. The quantitative estimate of drug-likeness (QED) is 0.882. The summed E-state index contributed by atoms with van der Waals surface area (Å²) in [5.41, 5.74) is 10.1. The number of hydrogen-bond donors (Lipinski definition) is 2. The van der Waals surface area contributed by atoms with Gasteiger partial charge in [0.1, 0.15) is 5.82 Å². The molecule has 1 aromatic carbocycles. The number of rotatable bonds is 4. The number of benzene rings is 1. The topological polar surface area (TPSA) is 63.8 Å². The highest BCUT2D eigenvalue weighted by atomic mass is 15.2. The molecule has 100 valence electrons. The van der Waals surface area contributed by atoms with Crippen LogP contribution in [-0.4, -0.2) is 22.8 Å². The van der Waals surface area contributed by atoms with Gasteiger partial charge >= 0.3 is 0 Å². The summed E-state index contributed by atoms with van der Waals surface area (Å²) in [6, 6.07) is 10.4. The SMILES string of the molecule is Cc1ccc(-c2ccc(NC(C)CN)nn2)cc1C.